The van der Waals surface area contributed by atoms with Gasteiger partial charge in [-0.1, -0.05) is 24.3 Å². The van der Waals surface area contributed by atoms with Crippen molar-refractivity contribution in [1.29, 1.82) is 0 Å². The van der Waals surface area contributed by atoms with Gasteiger partial charge in [-0.3, -0.25) is 9.59 Å². The van der Waals surface area contributed by atoms with E-state index >= 15 is 0 Å². The molecule has 2 fully saturated rings. The first-order valence-corrected chi connectivity index (χ1v) is 9.71. The number of imide groups is 1. The molecule has 2 amide bonds. The van der Waals surface area contributed by atoms with Gasteiger partial charge >= 0.3 is 0 Å². The Hall–Kier alpha value is -2.57. The van der Waals surface area contributed by atoms with Crippen LogP contribution in [0.4, 0.5) is 16.2 Å². The van der Waals surface area contributed by atoms with Crippen molar-refractivity contribution >= 4 is 40.4 Å². The molecule has 0 saturated carbocycles. The average Bonchev–Trinajstić information content (AvgIpc) is 2.98. The Kier molecular flexibility index (Phi) is 5.01. The molecule has 0 unspecified atom stereocenters. The summed E-state index contributed by atoms with van der Waals surface area (Å²) in [5.74, 6) is -0.271. The molecule has 0 aliphatic carbocycles. The summed E-state index contributed by atoms with van der Waals surface area (Å²) in [7, 11) is 0. The predicted octanol–water partition coefficient (Wildman–Crippen LogP) is 4.07. The first-order valence-electron chi connectivity index (χ1n) is 8.90. The van der Waals surface area contributed by atoms with Gasteiger partial charge in [0.25, 0.3) is 11.1 Å². The number of benzene rings is 2. The van der Waals surface area contributed by atoms with Crippen LogP contribution < -0.4 is 9.80 Å². The normalized spacial score (nSPS) is 19.2. The molecule has 27 heavy (non-hydrogen) atoms. The topological polar surface area (TPSA) is 49.9 Å². The Morgan fingerprint density at radius 3 is 2.44 bits per heavy atom. The number of hydrogen-bond acceptors (Lipinski definition) is 5. The van der Waals surface area contributed by atoms with Crippen molar-refractivity contribution in [3.8, 4) is 0 Å². The summed E-state index contributed by atoms with van der Waals surface area (Å²) in [5, 5.41) is -0.264. The van der Waals surface area contributed by atoms with E-state index in [4.69, 9.17) is 4.74 Å². The van der Waals surface area contributed by atoms with Gasteiger partial charge in [0.1, 0.15) is 0 Å². The molecule has 5 nitrogen and oxygen atoms in total. The molecule has 0 atom stereocenters. The minimum atomic E-state index is -0.271. The quantitative estimate of drug-likeness (QED) is 0.751. The maximum absolute atomic E-state index is 12.7. The number of morpholine rings is 1. The van der Waals surface area contributed by atoms with E-state index in [9.17, 15) is 9.59 Å². The SMILES string of the molecule is Cc1cc(N2CCOCC2)ccc1/C=C1/SC(=O)N(c2ccccc2)C1=O. The number of para-hydroxylation sites is 1. The number of aryl methyl sites for hydroxylation is 1. The Morgan fingerprint density at radius 2 is 1.74 bits per heavy atom. The molecule has 6 heteroatoms. The molecule has 4 rings (SSSR count). The van der Waals surface area contributed by atoms with Crippen molar-refractivity contribution in [1.82, 2.24) is 0 Å². The van der Waals surface area contributed by atoms with Crippen LogP contribution in [0, 0.1) is 6.92 Å². The van der Waals surface area contributed by atoms with Crippen molar-refractivity contribution in [3.05, 3.63) is 64.6 Å². The molecule has 2 saturated heterocycles. The van der Waals surface area contributed by atoms with Gasteiger partial charge in [-0.2, -0.15) is 0 Å². The Morgan fingerprint density at radius 1 is 1.00 bits per heavy atom. The number of ether oxygens (including phenoxy) is 1. The number of carbonyl (C=O) groups excluding carboxylic acids is 2. The van der Waals surface area contributed by atoms with E-state index in [1.807, 2.05) is 37.3 Å². The highest BCUT2D eigenvalue weighted by Gasteiger charge is 2.36. The zero-order valence-corrected chi connectivity index (χ0v) is 15.9. The molecule has 2 aromatic carbocycles. The van der Waals surface area contributed by atoms with Crippen molar-refractivity contribution in [2.45, 2.75) is 6.92 Å². The van der Waals surface area contributed by atoms with E-state index in [1.165, 1.54) is 4.90 Å². The summed E-state index contributed by atoms with van der Waals surface area (Å²) in [6.45, 7) is 5.28. The van der Waals surface area contributed by atoms with Gasteiger partial charge in [-0.05, 0) is 60.2 Å². The Balaban J connectivity index is 1.58. The van der Waals surface area contributed by atoms with Crippen LogP contribution in [-0.4, -0.2) is 37.4 Å². The lowest BCUT2D eigenvalue weighted by atomic mass is 10.1. The molecule has 138 valence electrons. The molecule has 2 aliphatic heterocycles. The summed E-state index contributed by atoms with van der Waals surface area (Å²) < 4.78 is 5.40. The van der Waals surface area contributed by atoms with Crippen molar-refractivity contribution in [3.63, 3.8) is 0 Å². The van der Waals surface area contributed by atoms with E-state index in [-0.39, 0.29) is 11.1 Å². The number of nitrogens with zero attached hydrogens (tertiary/aromatic N) is 2. The first kappa shape index (κ1) is 17.8. The molecule has 0 bridgehead atoms. The minimum absolute atomic E-state index is 0.264. The average molecular weight is 380 g/mol. The lowest BCUT2D eigenvalue weighted by molar-refractivity contribution is -0.113. The molecule has 2 aliphatic rings. The van der Waals surface area contributed by atoms with Crippen LogP contribution in [0.2, 0.25) is 0 Å². The molecule has 2 aromatic rings. The molecule has 2 heterocycles. The molecule has 0 N–H and O–H groups in total. The van der Waals surface area contributed by atoms with Crippen molar-refractivity contribution in [2.75, 3.05) is 36.1 Å². The molecular weight excluding hydrogens is 360 g/mol. The summed E-state index contributed by atoms with van der Waals surface area (Å²) in [4.78, 5) is 29.1. The lowest BCUT2D eigenvalue weighted by Gasteiger charge is -2.29. The molecule has 0 spiro atoms. The van der Waals surface area contributed by atoms with Gasteiger partial charge < -0.3 is 9.64 Å². The zero-order valence-electron chi connectivity index (χ0n) is 15.1. The highest BCUT2D eigenvalue weighted by Crippen LogP contribution is 2.36. The van der Waals surface area contributed by atoms with E-state index in [1.54, 1.807) is 12.1 Å². The van der Waals surface area contributed by atoms with Crippen LogP contribution in [0.25, 0.3) is 6.08 Å². The monoisotopic (exact) mass is 380 g/mol. The van der Waals surface area contributed by atoms with Crippen LogP contribution in [-0.2, 0) is 9.53 Å². The Bertz CT molecular complexity index is 905. The fraction of sp³-hybridized carbons (Fsp3) is 0.238. The standard InChI is InChI=1S/C21H20N2O3S/c1-15-13-18(22-9-11-26-12-10-22)8-7-16(15)14-19-20(24)23(21(25)27-19)17-5-3-2-4-6-17/h2-8,13-14H,9-12H2,1H3/b19-14+. The van der Waals surface area contributed by atoms with Crippen LogP contribution in [0.1, 0.15) is 11.1 Å². The number of rotatable bonds is 3. The fourth-order valence-electron chi connectivity index (χ4n) is 3.25. The van der Waals surface area contributed by atoms with Gasteiger partial charge in [0, 0.05) is 18.8 Å². The van der Waals surface area contributed by atoms with E-state index < -0.39 is 0 Å². The van der Waals surface area contributed by atoms with Gasteiger partial charge in [0.2, 0.25) is 0 Å². The maximum Gasteiger partial charge on any atom is 0.298 e. The van der Waals surface area contributed by atoms with Gasteiger partial charge in [-0.25, -0.2) is 4.90 Å². The van der Waals surface area contributed by atoms with E-state index in [0.717, 1.165) is 54.9 Å². The highest BCUT2D eigenvalue weighted by molar-refractivity contribution is 8.19. The van der Waals surface area contributed by atoms with Crippen LogP contribution in [0.15, 0.2) is 53.4 Å². The number of thioether (sulfide) groups is 1. The third-order valence-electron chi connectivity index (χ3n) is 4.72. The largest absolute Gasteiger partial charge is 0.378 e. The summed E-state index contributed by atoms with van der Waals surface area (Å²) >= 11 is 0.984. The summed E-state index contributed by atoms with van der Waals surface area (Å²) in [6.07, 6.45) is 1.81. The Labute approximate surface area is 162 Å². The van der Waals surface area contributed by atoms with Crippen molar-refractivity contribution in [2.24, 2.45) is 0 Å². The number of amides is 2. The second-order valence-electron chi connectivity index (χ2n) is 6.49. The van der Waals surface area contributed by atoms with E-state index in [2.05, 4.69) is 17.0 Å². The van der Waals surface area contributed by atoms with Crippen LogP contribution >= 0.6 is 11.8 Å². The number of hydrogen-bond donors (Lipinski definition) is 0. The summed E-state index contributed by atoms with van der Waals surface area (Å²) in [5.41, 5.74) is 3.78. The molecule has 0 radical (unpaired) electrons. The third kappa shape index (κ3) is 3.63. The maximum atomic E-state index is 12.7. The second kappa shape index (κ2) is 7.58. The third-order valence-corrected chi connectivity index (χ3v) is 5.59. The van der Waals surface area contributed by atoms with Gasteiger partial charge in [-0.15, -0.1) is 0 Å². The second-order valence-corrected chi connectivity index (χ2v) is 7.49. The van der Waals surface area contributed by atoms with Gasteiger partial charge in [0.15, 0.2) is 0 Å². The molecule has 0 aromatic heterocycles. The summed E-state index contributed by atoms with van der Waals surface area (Å²) in [6, 6.07) is 15.2. The molecular formula is C21H20N2O3S. The fourth-order valence-corrected chi connectivity index (χ4v) is 4.08. The predicted molar refractivity (Wildman–Crippen MR) is 109 cm³/mol. The minimum Gasteiger partial charge on any atom is -0.378 e. The highest BCUT2D eigenvalue weighted by atomic mass is 32.2. The van der Waals surface area contributed by atoms with E-state index in [0.29, 0.717) is 10.6 Å². The zero-order chi connectivity index (χ0) is 18.8. The van der Waals surface area contributed by atoms with Gasteiger partial charge in [0.05, 0.1) is 23.8 Å². The number of anilines is 2. The van der Waals surface area contributed by atoms with Crippen LogP contribution in [0.3, 0.4) is 0 Å². The lowest BCUT2D eigenvalue weighted by Crippen LogP contribution is -2.36. The van der Waals surface area contributed by atoms with Crippen LogP contribution in [0.5, 0.6) is 0 Å². The van der Waals surface area contributed by atoms with Crippen molar-refractivity contribution < 1.29 is 14.3 Å². The number of carbonyl (C=O) groups is 2. The first-order chi connectivity index (χ1) is 13.1. The smallest absolute Gasteiger partial charge is 0.298 e.